The fraction of sp³-hybridized carbons (Fsp3) is 0.476. The fourth-order valence-corrected chi connectivity index (χ4v) is 3.77. The molecule has 1 unspecified atom stereocenters. The number of nitrogens with zero attached hydrogens (tertiary/aromatic N) is 1. The van der Waals surface area contributed by atoms with Gasteiger partial charge in [-0.15, -0.1) is 0 Å². The van der Waals surface area contributed by atoms with E-state index in [4.69, 9.17) is 0 Å². The summed E-state index contributed by atoms with van der Waals surface area (Å²) in [5, 5.41) is 12.9. The Balaban J connectivity index is 1.45. The minimum absolute atomic E-state index is 0.0340. The van der Waals surface area contributed by atoms with Gasteiger partial charge in [0.25, 0.3) is 5.91 Å². The molecule has 0 spiro atoms. The number of rotatable bonds is 8. The predicted molar refractivity (Wildman–Crippen MR) is 99.8 cm³/mol. The van der Waals surface area contributed by atoms with Crippen LogP contribution < -0.4 is 5.32 Å². The average Bonchev–Trinajstić information content (AvgIpc) is 3.01. The van der Waals surface area contributed by atoms with Gasteiger partial charge in [0.05, 0.1) is 6.10 Å². The van der Waals surface area contributed by atoms with E-state index in [0.29, 0.717) is 18.0 Å². The van der Waals surface area contributed by atoms with E-state index < -0.39 is 0 Å². The largest absolute Gasteiger partial charge is 0.393 e. The lowest BCUT2D eigenvalue weighted by Gasteiger charge is -2.18. The first-order valence-corrected chi connectivity index (χ1v) is 9.20. The van der Waals surface area contributed by atoms with Crippen molar-refractivity contribution in [3.05, 3.63) is 54.4 Å². The van der Waals surface area contributed by atoms with Crippen LogP contribution in [0.15, 0.2) is 48.8 Å². The first-order valence-electron chi connectivity index (χ1n) is 9.20. The Morgan fingerprint density at radius 1 is 1.28 bits per heavy atom. The Kier molecular flexibility index (Phi) is 5.28. The molecule has 1 aromatic carbocycles. The highest BCUT2D eigenvalue weighted by molar-refractivity contribution is 5.94. The molecule has 4 nitrogen and oxygen atoms in total. The summed E-state index contributed by atoms with van der Waals surface area (Å²) in [6.07, 6.45) is 7.70. The van der Waals surface area contributed by atoms with Gasteiger partial charge in [-0.25, -0.2) is 0 Å². The van der Waals surface area contributed by atoms with Gasteiger partial charge < -0.3 is 15.0 Å². The van der Waals surface area contributed by atoms with Crippen molar-refractivity contribution in [3.63, 3.8) is 0 Å². The van der Waals surface area contributed by atoms with Gasteiger partial charge in [-0.1, -0.05) is 13.8 Å². The van der Waals surface area contributed by atoms with E-state index in [1.807, 2.05) is 53.4 Å². The highest BCUT2D eigenvalue weighted by atomic mass is 16.3. The first kappa shape index (κ1) is 17.7. The van der Waals surface area contributed by atoms with Crippen LogP contribution in [0.3, 0.4) is 0 Å². The smallest absolute Gasteiger partial charge is 0.251 e. The molecule has 0 radical (unpaired) electrons. The van der Waals surface area contributed by atoms with Gasteiger partial charge in [-0.3, -0.25) is 4.79 Å². The zero-order valence-electron chi connectivity index (χ0n) is 15.1. The van der Waals surface area contributed by atoms with Crippen LogP contribution in [-0.4, -0.2) is 28.2 Å². The van der Waals surface area contributed by atoms with E-state index in [0.717, 1.165) is 31.4 Å². The van der Waals surface area contributed by atoms with Crippen LogP contribution >= 0.6 is 0 Å². The molecule has 0 bridgehead atoms. The molecule has 0 aliphatic heterocycles. The molecule has 25 heavy (non-hydrogen) atoms. The van der Waals surface area contributed by atoms with Gasteiger partial charge in [-0.2, -0.15) is 0 Å². The van der Waals surface area contributed by atoms with E-state index in [2.05, 4.69) is 19.2 Å². The third-order valence-electron chi connectivity index (χ3n) is 5.13. The summed E-state index contributed by atoms with van der Waals surface area (Å²) in [7, 11) is 0. The maximum atomic E-state index is 12.3. The monoisotopic (exact) mass is 340 g/mol. The normalized spacial score (nSPS) is 22.2. The second-order valence-electron chi connectivity index (χ2n) is 7.68. The minimum atomic E-state index is -0.146. The third-order valence-corrected chi connectivity index (χ3v) is 5.13. The zero-order chi connectivity index (χ0) is 17.9. The maximum absolute atomic E-state index is 12.3. The molecule has 2 atom stereocenters. The van der Waals surface area contributed by atoms with Crippen LogP contribution in [0.4, 0.5) is 0 Å². The Morgan fingerprint density at radius 2 is 1.92 bits per heavy atom. The lowest BCUT2D eigenvalue weighted by Crippen LogP contribution is -2.25. The molecular weight excluding hydrogens is 312 g/mol. The molecule has 1 aliphatic carbocycles. The second kappa shape index (κ2) is 7.44. The molecule has 2 N–H and O–H groups in total. The first-order chi connectivity index (χ1) is 12.0. The molecule has 1 saturated carbocycles. The van der Waals surface area contributed by atoms with E-state index in [-0.39, 0.29) is 17.4 Å². The van der Waals surface area contributed by atoms with Crippen molar-refractivity contribution in [2.24, 2.45) is 11.3 Å². The van der Waals surface area contributed by atoms with Gasteiger partial charge in [0.15, 0.2) is 0 Å². The Labute approximate surface area is 149 Å². The summed E-state index contributed by atoms with van der Waals surface area (Å²) in [6.45, 7) is 5.06. The number of aliphatic hydroxyl groups is 1. The molecule has 1 aliphatic rings. The van der Waals surface area contributed by atoms with Crippen molar-refractivity contribution < 1.29 is 9.90 Å². The Hall–Kier alpha value is -2.07. The summed E-state index contributed by atoms with van der Waals surface area (Å²) in [5.74, 6) is 0.568. The van der Waals surface area contributed by atoms with Crippen molar-refractivity contribution >= 4 is 5.91 Å². The van der Waals surface area contributed by atoms with E-state index in [1.165, 1.54) is 0 Å². The molecule has 2 aromatic rings. The van der Waals surface area contributed by atoms with E-state index in [9.17, 15) is 9.90 Å². The fourth-order valence-electron chi connectivity index (χ4n) is 3.77. The van der Waals surface area contributed by atoms with Gasteiger partial charge in [0.1, 0.15) is 0 Å². The topological polar surface area (TPSA) is 54.3 Å². The number of carbonyl (C=O) groups is 1. The standard InChI is InChI=1S/C21H28N2O2/c1-16(2)14-21(15-19(21)24)10-5-11-22-20(25)17-6-8-18(9-7-17)23-12-3-4-13-23/h3-4,6-9,12-13,16,19,24H,5,10-11,14-15H2,1-2H3,(H,22,25)/t19?,21-/m1/s1. The molecule has 1 heterocycles. The van der Waals surface area contributed by atoms with Crippen LogP contribution in [0.2, 0.25) is 0 Å². The predicted octanol–water partition coefficient (Wildman–Crippen LogP) is 3.78. The van der Waals surface area contributed by atoms with Crippen LogP contribution in [-0.2, 0) is 0 Å². The van der Waals surface area contributed by atoms with Crippen LogP contribution in [0, 0.1) is 11.3 Å². The number of hydrogen-bond acceptors (Lipinski definition) is 2. The van der Waals surface area contributed by atoms with Gasteiger partial charge in [0, 0.05) is 30.2 Å². The number of nitrogens with one attached hydrogen (secondary N) is 1. The SMILES string of the molecule is CC(C)C[C@]1(CCCNC(=O)c2ccc(-n3cccc3)cc2)CC1O. The molecule has 1 amide bonds. The molecule has 0 saturated heterocycles. The lowest BCUT2D eigenvalue weighted by molar-refractivity contribution is 0.0951. The lowest BCUT2D eigenvalue weighted by atomic mass is 9.89. The Morgan fingerprint density at radius 3 is 2.48 bits per heavy atom. The number of carbonyl (C=O) groups excluding carboxylic acids is 1. The Bertz CT molecular complexity index is 691. The average molecular weight is 340 g/mol. The van der Waals surface area contributed by atoms with Gasteiger partial charge >= 0.3 is 0 Å². The number of amides is 1. The van der Waals surface area contributed by atoms with Crippen LogP contribution in [0.1, 0.15) is 49.9 Å². The minimum Gasteiger partial charge on any atom is -0.393 e. The number of aromatic nitrogens is 1. The summed E-state index contributed by atoms with van der Waals surface area (Å²) in [6, 6.07) is 11.6. The quantitative estimate of drug-likeness (QED) is 0.719. The highest BCUT2D eigenvalue weighted by Crippen LogP contribution is 2.54. The third kappa shape index (κ3) is 4.31. The van der Waals surface area contributed by atoms with Crippen molar-refractivity contribution in [1.29, 1.82) is 0 Å². The zero-order valence-corrected chi connectivity index (χ0v) is 15.1. The van der Waals surface area contributed by atoms with Crippen molar-refractivity contribution in [1.82, 2.24) is 9.88 Å². The molecule has 1 fully saturated rings. The summed E-state index contributed by atoms with van der Waals surface area (Å²) in [4.78, 5) is 12.3. The summed E-state index contributed by atoms with van der Waals surface area (Å²) in [5.41, 5.74) is 1.83. The van der Waals surface area contributed by atoms with Gasteiger partial charge in [0.2, 0.25) is 0 Å². The summed E-state index contributed by atoms with van der Waals surface area (Å²) < 4.78 is 2.01. The molecule has 4 heteroatoms. The molecule has 1 aromatic heterocycles. The maximum Gasteiger partial charge on any atom is 0.251 e. The number of benzene rings is 1. The van der Waals surface area contributed by atoms with Crippen molar-refractivity contribution in [3.8, 4) is 5.69 Å². The highest BCUT2D eigenvalue weighted by Gasteiger charge is 2.52. The molecular formula is C21H28N2O2. The second-order valence-corrected chi connectivity index (χ2v) is 7.68. The van der Waals surface area contributed by atoms with Crippen molar-refractivity contribution in [2.45, 2.75) is 45.6 Å². The van der Waals surface area contributed by atoms with Crippen LogP contribution in [0.5, 0.6) is 0 Å². The summed E-state index contributed by atoms with van der Waals surface area (Å²) >= 11 is 0. The number of hydrogen-bond donors (Lipinski definition) is 2. The molecule has 134 valence electrons. The molecule has 3 rings (SSSR count). The van der Waals surface area contributed by atoms with E-state index >= 15 is 0 Å². The van der Waals surface area contributed by atoms with Crippen LogP contribution in [0.25, 0.3) is 5.69 Å². The van der Waals surface area contributed by atoms with Crippen molar-refractivity contribution in [2.75, 3.05) is 6.54 Å². The number of aliphatic hydroxyl groups excluding tert-OH is 1. The van der Waals surface area contributed by atoms with E-state index in [1.54, 1.807) is 0 Å². The van der Waals surface area contributed by atoms with Gasteiger partial charge in [-0.05, 0) is 73.4 Å².